The predicted octanol–water partition coefficient (Wildman–Crippen LogP) is 5.08. The highest BCUT2D eigenvalue weighted by atomic mass is 32.2. The first-order valence-electron chi connectivity index (χ1n) is 9.40. The molecule has 0 aromatic heterocycles. The summed E-state index contributed by atoms with van der Waals surface area (Å²) in [5, 5.41) is 16.1. The van der Waals surface area contributed by atoms with Crippen LogP contribution in [0.3, 0.4) is 0 Å². The molecule has 3 aromatic rings. The van der Waals surface area contributed by atoms with Gasteiger partial charge in [0, 0.05) is 6.07 Å². The number of ether oxygens (including phenoxy) is 1. The molecule has 3 aromatic carbocycles. The van der Waals surface area contributed by atoms with E-state index in [9.17, 15) is 17.8 Å². The number of carbonyl (C=O) groups excluding carboxylic acids is 1. The predicted molar refractivity (Wildman–Crippen MR) is 122 cm³/mol. The van der Waals surface area contributed by atoms with Crippen LogP contribution >= 0.6 is 0 Å². The van der Waals surface area contributed by atoms with E-state index in [2.05, 4.69) is 20.5 Å². The van der Waals surface area contributed by atoms with Gasteiger partial charge < -0.3 is 16.2 Å². The van der Waals surface area contributed by atoms with E-state index in [1.54, 1.807) is 18.2 Å². The first-order chi connectivity index (χ1) is 15.6. The van der Waals surface area contributed by atoms with Crippen molar-refractivity contribution in [1.29, 1.82) is 0 Å². The fourth-order valence-corrected chi connectivity index (χ4v) is 3.42. The van der Waals surface area contributed by atoms with E-state index in [1.807, 2.05) is 26.0 Å². The summed E-state index contributed by atoms with van der Waals surface area (Å²) in [7, 11) is -4.73. The number of benzene rings is 3. The van der Waals surface area contributed by atoms with E-state index < -0.39 is 15.0 Å². The van der Waals surface area contributed by atoms with Crippen molar-refractivity contribution in [3.05, 3.63) is 59.7 Å². The van der Waals surface area contributed by atoms with E-state index in [-0.39, 0.29) is 40.7 Å². The number of nitrogens with zero attached hydrogens (tertiary/aromatic N) is 4. The van der Waals surface area contributed by atoms with E-state index in [4.69, 9.17) is 16.2 Å². The number of carbonyl (C=O) groups is 1. The summed E-state index contributed by atoms with van der Waals surface area (Å²) >= 11 is 0. The second-order valence-corrected chi connectivity index (χ2v) is 8.34. The number of nitrogens with two attached hydrogens (primary N) is 2. The van der Waals surface area contributed by atoms with E-state index in [0.29, 0.717) is 5.69 Å². The molecule has 11 nitrogen and oxygen atoms in total. The third-order valence-corrected chi connectivity index (χ3v) is 5.39. The van der Waals surface area contributed by atoms with Gasteiger partial charge in [0.05, 0.1) is 22.7 Å². The van der Waals surface area contributed by atoms with Gasteiger partial charge in [-0.15, -0.1) is 10.2 Å². The van der Waals surface area contributed by atoms with Crippen molar-refractivity contribution in [2.45, 2.75) is 18.7 Å². The molecule has 0 unspecified atom stereocenters. The first-order valence-corrected chi connectivity index (χ1v) is 10.8. The molecular weight excluding hydrogens is 448 g/mol. The SMILES string of the molecule is Cc1ccc(C)c(N=Nc2c(N)c(N=Nc3cccc(OC=O)c3)cc(S(=O)(=O)O)c2N)c1. The molecule has 5 N–H and O–H groups in total. The number of nitrogen functional groups attached to an aromatic ring is 2. The zero-order chi connectivity index (χ0) is 24.2. The Hall–Kier alpha value is -4.16. The molecule has 0 aliphatic heterocycles. The Morgan fingerprint density at radius 3 is 2.33 bits per heavy atom. The van der Waals surface area contributed by atoms with Crippen LogP contribution in [0.15, 0.2) is 73.9 Å². The van der Waals surface area contributed by atoms with Crippen LogP contribution < -0.4 is 16.2 Å². The van der Waals surface area contributed by atoms with Crippen molar-refractivity contribution >= 4 is 50.7 Å². The lowest BCUT2D eigenvalue weighted by Crippen LogP contribution is -2.05. The fourth-order valence-electron chi connectivity index (χ4n) is 2.78. The maximum Gasteiger partial charge on any atom is 0.298 e. The van der Waals surface area contributed by atoms with Gasteiger partial charge in [-0.1, -0.05) is 18.2 Å². The normalized spacial score (nSPS) is 11.8. The van der Waals surface area contributed by atoms with Gasteiger partial charge in [-0.05, 0) is 49.2 Å². The molecule has 0 saturated carbocycles. The quantitative estimate of drug-likeness (QED) is 0.187. The van der Waals surface area contributed by atoms with Gasteiger partial charge in [0.15, 0.2) is 0 Å². The van der Waals surface area contributed by atoms with Gasteiger partial charge >= 0.3 is 0 Å². The maximum absolute atomic E-state index is 11.9. The third kappa shape index (κ3) is 5.56. The van der Waals surface area contributed by atoms with Crippen LogP contribution in [0.25, 0.3) is 0 Å². The van der Waals surface area contributed by atoms with Crippen molar-refractivity contribution in [3.8, 4) is 5.75 Å². The van der Waals surface area contributed by atoms with Gasteiger partial charge in [-0.2, -0.15) is 18.6 Å². The lowest BCUT2D eigenvalue weighted by molar-refractivity contribution is -0.120. The summed E-state index contributed by atoms with van der Waals surface area (Å²) in [6.45, 7) is 3.98. The minimum atomic E-state index is -4.73. The molecule has 170 valence electrons. The zero-order valence-corrected chi connectivity index (χ0v) is 18.4. The summed E-state index contributed by atoms with van der Waals surface area (Å²) in [5.74, 6) is 0.230. The summed E-state index contributed by atoms with van der Waals surface area (Å²) < 4.78 is 38.1. The molecule has 12 heteroatoms. The Balaban J connectivity index is 2.11. The van der Waals surface area contributed by atoms with Crippen LogP contribution in [-0.2, 0) is 14.9 Å². The van der Waals surface area contributed by atoms with Gasteiger partial charge in [0.25, 0.3) is 16.6 Å². The smallest absolute Gasteiger partial charge is 0.298 e. The number of hydrogen-bond donors (Lipinski definition) is 3. The minimum Gasteiger partial charge on any atom is -0.429 e. The van der Waals surface area contributed by atoms with E-state index in [1.165, 1.54) is 12.1 Å². The molecule has 0 atom stereocenters. The summed E-state index contributed by atoms with van der Waals surface area (Å²) in [6.07, 6.45) is 0. The Bertz CT molecular complexity index is 1390. The van der Waals surface area contributed by atoms with Crippen molar-refractivity contribution in [1.82, 2.24) is 0 Å². The molecule has 0 amide bonds. The number of anilines is 2. The average Bonchev–Trinajstić information content (AvgIpc) is 2.75. The molecular formula is C21H20N6O5S. The monoisotopic (exact) mass is 468 g/mol. The minimum absolute atomic E-state index is 0.0991. The van der Waals surface area contributed by atoms with Crippen LogP contribution in [0.1, 0.15) is 11.1 Å². The summed E-state index contributed by atoms with van der Waals surface area (Å²) in [6, 6.07) is 12.6. The largest absolute Gasteiger partial charge is 0.429 e. The lowest BCUT2D eigenvalue weighted by Gasteiger charge is -2.10. The van der Waals surface area contributed by atoms with Gasteiger partial charge in [-0.3, -0.25) is 9.35 Å². The van der Waals surface area contributed by atoms with E-state index >= 15 is 0 Å². The second-order valence-electron chi connectivity index (χ2n) is 6.95. The Morgan fingerprint density at radius 1 is 0.909 bits per heavy atom. The number of rotatable bonds is 7. The third-order valence-electron chi connectivity index (χ3n) is 4.49. The number of aryl methyl sites for hydroxylation is 2. The van der Waals surface area contributed by atoms with Crippen LogP contribution in [0, 0.1) is 13.8 Å². The number of hydrogen-bond acceptors (Lipinski definition) is 10. The molecule has 0 aliphatic rings. The molecule has 0 heterocycles. The standard InChI is InChI=1S/C21H20N6O5S/c1-12-6-7-13(2)16(8-12)25-27-21-19(22)17(10-18(20(21)23)33(29,30)31)26-24-14-4-3-5-15(9-14)32-11-28/h3-11H,22-23H2,1-2H3,(H,29,30,31). The molecule has 0 radical (unpaired) electrons. The van der Waals surface area contributed by atoms with Crippen LogP contribution in [-0.4, -0.2) is 19.4 Å². The van der Waals surface area contributed by atoms with Crippen molar-refractivity contribution < 1.29 is 22.5 Å². The van der Waals surface area contributed by atoms with Crippen LogP contribution in [0.2, 0.25) is 0 Å². The summed E-state index contributed by atoms with van der Waals surface area (Å²) in [5.41, 5.74) is 13.9. The molecule has 0 fully saturated rings. The highest BCUT2D eigenvalue weighted by Gasteiger charge is 2.22. The Labute approximate surface area is 189 Å². The molecule has 0 bridgehead atoms. The first kappa shape index (κ1) is 23.5. The second kappa shape index (κ2) is 9.54. The molecule has 0 spiro atoms. The zero-order valence-electron chi connectivity index (χ0n) is 17.6. The Morgan fingerprint density at radius 2 is 1.64 bits per heavy atom. The lowest BCUT2D eigenvalue weighted by atomic mass is 10.1. The Kier molecular flexibility index (Phi) is 6.80. The fraction of sp³-hybridized carbons (Fsp3) is 0.0952. The van der Waals surface area contributed by atoms with Crippen LogP contribution in [0.4, 0.5) is 34.1 Å². The summed E-state index contributed by atoms with van der Waals surface area (Å²) in [4.78, 5) is 9.87. The van der Waals surface area contributed by atoms with Crippen LogP contribution in [0.5, 0.6) is 5.75 Å². The van der Waals surface area contributed by atoms with Crippen molar-refractivity contribution in [3.63, 3.8) is 0 Å². The van der Waals surface area contributed by atoms with Gasteiger partial charge in [0.2, 0.25) is 0 Å². The average molecular weight is 468 g/mol. The van der Waals surface area contributed by atoms with E-state index in [0.717, 1.165) is 17.2 Å². The van der Waals surface area contributed by atoms with Gasteiger partial charge in [0.1, 0.15) is 22.0 Å². The van der Waals surface area contributed by atoms with Crippen molar-refractivity contribution in [2.24, 2.45) is 20.5 Å². The number of azo groups is 2. The molecule has 0 aliphatic carbocycles. The maximum atomic E-state index is 11.9. The highest BCUT2D eigenvalue weighted by Crippen LogP contribution is 2.43. The van der Waals surface area contributed by atoms with Crippen molar-refractivity contribution in [2.75, 3.05) is 11.5 Å². The molecule has 0 saturated heterocycles. The van der Waals surface area contributed by atoms with Gasteiger partial charge in [-0.25, -0.2) is 0 Å². The molecule has 33 heavy (non-hydrogen) atoms. The highest BCUT2D eigenvalue weighted by molar-refractivity contribution is 7.86. The molecule has 3 rings (SSSR count). The topological polar surface area (TPSA) is 182 Å².